The lowest BCUT2D eigenvalue weighted by Gasteiger charge is -2.10. The van der Waals surface area contributed by atoms with E-state index < -0.39 is 33.8 Å². The molecule has 0 saturated heterocycles. The number of hydrogen-bond donors (Lipinski definition) is 2. The summed E-state index contributed by atoms with van der Waals surface area (Å²) >= 11 is 24.7. The van der Waals surface area contributed by atoms with Crippen LogP contribution in [0, 0.1) is 11.7 Å². The molecule has 0 aromatic heterocycles. The first-order chi connectivity index (χ1) is 15.2. The third-order valence-corrected chi connectivity index (χ3v) is 6.71. The monoisotopic (exact) mass is 510 g/mol. The lowest BCUT2D eigenvalue weighted by molar-refractivity contribution is -0.117. The van der Waals surface area contributed by atoms with Gasteiger partial charge in [-0.3, -0.25) is 9.59 Å². The van der Waals surface area contributed by atoms with E-state index in [1.807, 2.05) is 6.07 Å². The molecular weight excluding hydrogens is 497 g/mol. The van der Waals surface area contributed by atoms with Crippen molar-refractivity contribution in [1.82, 2.24) is 0 Å². The number of carbonyl (C=O) groups is 2. The fourth-order valence-corrected chi connectivity index (χ4v) is 4.71. The van der Waals surface area contributed by atoms with Crippen LogP contribution in [0.25, 0.3) is 0 Å². The maximum atomic E-state index is 13.5. The molecule has 1 fully saturated rings. The van der Waals surface area contributed by atoms with Gasteiger partial charge in [-0.1, -0.05) is 47.5 Å². The Balaban J connectivity index is 1.50. The van der Waals surface area contributed by atoms with Crippen LogP contribution in [-0.4, -0.2) is 16.1 Å². The predicted molar refractivity (Wildman–Crippen MR) is 127 cm³/mol. The van der Waals surface area contributed by atoms with Crippen molar-refractivity contribution in [2.24, 2.45) is 5.92 Å². The van der Waals surface area contributed by atoms with Crippen molar-refractivity contribution in [3.05, 3.63) is 93.7 Å². The Bertz CT molecular complexity index is 1200. The van der Waals surface area contributed by atoms with Gasteiger partial charge in [-0.05, 0) is 48.0 Å². The van der Waals surface area contributed by atoms with Crippen LogP contribution in [0.2, 0.25) is 10.0 Å². The first kappa shape index (κ1) is 22.9. The minimum absolute atomic E-state index is 0.0792. The number of amides is 2. The van der Waals surface area contributed by atoms with Crippen LogP contribution in [0.15, 0.2) is 66.7 Å². The fourth-order valence-electron chi connectivity index (χ4n) is 3.49. The zero-order valence-corrected chi connectivity index (χ0v) is 19.2. The Morgan fingerprint density at radius 3 is 2.25 bits per heavy atom. The predicted octanol–water partition coefficient (Wildman–Crippen LogP) is 6.91. The van der Waals surface area contributed by atoms with Crippen LogP contribution in [0.5, 0.6) is 0 Å². The average molecular weight is 512 g/mol. The summed E-state index contributed by atoms with van der Waals surface area (Å²) in [6.07, 6.45) is 0. The number of alkyl halides is 2. The van der Waals surface area contributed by atoms with Crippen molar-refractivity contribution in [1.29, 1.82) is 0 Å². The van der Waals surface area contributed by atoms with Crippen LogP contribution in [0.3, 0.4) is 0 Å². The van der Waals surface area contributed by atoms with E-state index in [0.717, 1.165) is 0 Å². The summed E-state index contributed by atoms with van der Waals surface area (Å²) in [5.74, 6) is -2.79. The van der Waals surface area contributed by atoms with Crippen LogP contribution in [0.1, 0.15) is 21.8 Å². The third-order valence-electron chi connectivity index (χ3n) is 5.15. The number of rotatable bonds is 5. The molecule has 32 heavy (non-hydrogen) atoms. The molecule has 0 spiro atoms. The molecule has 4 nitrogen and oxygen atoms in total. The van der Waals surface area contributed by atoms with Crippen LogP contribution >= 0.6 is 46.4 Å². The number of carbonyl (C=O) groups excluding carboxylic acids is 2. The summed E-state index contributed by atoms with van der Waals surface area (Å²) < 4.78 is 12.1. The van der Waals surface area contributed by atoms with E-state index in [1.54, 1.807) is 30.3 Å². The molecule has 3 aromatic carbocycles. The molecule has 9 heteroatoms. The summed E-state index contributed by atoms with van der Waals surface area (Å²) in [5.41, 5.74) is 1.70. The van der Waals surface area contributed by atoms with Crippen molar-refractivity contribution in [3.8, 4) is 0 Å². The van der Waals surface area contributed by atoms with Gasteiger partial charge in [-0.2, -0.15) is 0 Å². The van der Waals surface area contributed by atoms with Crippen LogP contribution in [-0.2, 0) is 4.79 Å². The van der Waals surface area contributed by atoms with E-state index in [-0.39, 0.29) is 15.6 Å². The van der Waals surface area contributed by atoms with Crippen molar-refractivity contribution in [3.63, 3.8) is 0 Å². The van der Waals surface area contributed by atoms with Gasteiger partial charge in [0.1, 0.15) is 10.2 Å². The molecule has 1 saturated carbocycles. The highest BCUT2D eigenvalue weighted by Crippen LogP contribution is 2.65. The second-order valence-electron chi connectivity index (χ2n) is 7.31. The number of benzene rings is 3. The SMILES string of the molecule is O=C(Nc1ccccc1)c1cc(NC(=O)[C@H]2[C@H](c3ccc(F)c(Cl)c3)C2(Cl)Cl)ccc1Cl. The Hall–Kier alpha value is -2.31. The minimum atomic E-state index is -1.37. The van der Waals surface area contributed by atoms with E-state index in [1.165, 1.54) is 30.3 Å². The molecule has 0 heterocycles. The van der Waals surface area contributed by atoms with Gasteiger partial charge in [-0.15, -0.1) is 23.2 Å². The molecule has 0 bridgehead atoms. The number of hydrogen-bond acceptors (Lipinski definition) is 2. The van der Waals surface area contributed by atoms with Gasteiger partial charge < -0.3 is 10.6 Å². The number of anilines is 2. The molecule has 3 aromatic rings. The topological polar surface area (TPSA) is 58.2 Å². The Morgan fingerprint density at radius 2 is 1.56 bits per heavy atom. The van der Waals surface area contributed by atoms with E-state index in [0.29, 0.717) is 16.9 Å². The van der Waals surface area contributed by atoms with E-state index >= 15 is 0 Å². The second kappa shape index (κ2) is 8.91. The molecule has 2 amide bonds. The molecule has 1 aliphatic carbocycles. The summed E-state index contributed by atoms with van der Waals surface area (Å²) in [7, 11) is 0. The van der Waals surface area contributed by atoms with Crippen LogP contribution in [0.4, 0.5) is 15.8 Å². The highest BCUT2D eigenvalue weighted by Gasteiger charge is 2.67. The summed E-state index contributed by atoms with van der Waals surface area (Å²) in [6, 6.07) is 17.5. The Morgan fingerprint density at radius 1 is 0.844 bits per heavy atom. The smallest absolute Gasteiger partial charge is 0.257 e. The summed E-state index contributed by atoms with van der Waals surface area (Å²) in [5, 5.41) is 5.61. The van der Waals surface area contributed by atoms with Gasteiger partial charge in [0.25, 0.3) is 5.91 Å². The molecule has 2 N–H and O–H groups in total. The van der Waals surface area contributed by atoms with Crippen molar-refractivity contribution < 1.29 is 14.0 Å². The second-order valence-corrected chi connectivity index (χ2v) is 9.57. The van der Waals surface area contributed by atoms with E-state index in [2.05, 4.69) is 10.6 Å². The number of nitrogens with one attached hydrogen (secondary N) is 2. The van der Waals surface area contributed by atoms with Crippen molar-refractivity contribution in [2.75, 3.05) is 10.6 Å². The standard InChI is InChI=1S/C23H15Cl4FN2O2/c24-16-8-7-14(11-15(16)21(31)29-13-4-2-1-3-5-13)30-22(32)20-19(23(20,26)27)12-6-9-18(28)17(25)10-12/h1-11,19-20H,(H,29,31)(H,30,32)/t19-,20+/m0/s1. The van der Waals surface area contributed by atoms with E-state index in [4.69, 9.17) is 46.4 Å². The molecular formula is C23H15Cl4FN2O2. The largest absolute Gasteiger partial charge is 0.326 e. The van der Waals surface area contributed by atoms with Gasteiger partial charge in [0.15, 0.2) is 0 Å². The molecule has 0 unspecified atom stereocenters. The highest BCUT2D eigenvalue weighted by molar-refractivity contribution is 6.53. The fraction of sp³-hybridized carbons (Fsp3) is 0.130. The molecule has 0 aliphatic heterocycles. The van der Waals surface area contributed by atoms with Gasteiger partial charge in [0, 0.05) is 17.3 Å². The minimum Gasteiger partial charge on any atom is -0.326 e. The molecule has 2 atom stereocenters. The maximum Gasteiger partial charge on any atom is 0.257 e. The normalized spacial score (nSPS) is 18.7. The summed E-state index contributed by atoms with van der Waals surface area (Å²) in [6.45, 7) is 0. The quantitative estimate of drug-likeness (QED) is 0.365. The van der Waals surface area contributed by atoms with Crippen molar-refractivity contribution in [2.45, 2.75) is 10.3 Å². The summed E-state index contributed by atoms with van der Waals surface area (Å²) in [4.78, 5) is 25.5. The molecule has 4 rings (SSSR count). The zero-order valence-electron chi connectivity index (χ0n) is 16.2. The molecule has 1 aliphatic rings. The lowest BCUT2D eigenvalue weighted by atomic mass is 10.1. The highest BCUT2D eigenvalue weighted by atomic mass is 35.5. The Kier molecular flexibility index (Phi) is 6.37. The molecule has 164 valence electrons. The Labute approximate surface area is 203 Å². The number of halogens is 5. The van der Waals surface area contributed by atoms with Crippen molar-refractivity contribution >= 4 is 69.6 Å². The van der Waals surface area contributed by atoms with Gasteiger partial charge in [-0.25, -0.2) is 4.39 Å². The molecule has 0 radical (unpaired) electrons. The number of para-hydroxylation sites is 1. The first-order valence-corrected chi connectivity index (χ1v) is 11.0. The van der Waals surface area contributed by atoms with Crippen LogP contribution < -0.4 is 10.6 Å². The first-order valence-electron chi connectivity index (χ1n) is 9.48. The lowest BCUT2D eigenvalue weighted by Crippen LogP contribution is -2.18. The maximum absolute atomic E-state index is 13.5. The zero-order chi connectivity index (χ0) is 23.0. The van der Waals surface area contributed by atoms with Gasteiger partial charge >= 0.3 is 0 Å². The van der Waals surface area contributed by atoms with E-state index in [9.17, 15) is 14.0 Å². The average Bonchev–Trinajstić information content (AvgIpc) is 3.34. The van der Waals surface area contributed by atoms with Gasteiger partial charge in [0.05, 0.1) is 21.5 Å². The third kappa shape index (κ3) is 4.57. The van der Waals surface area contributed by atoms with Gasteiger partial charge in [0.2, 0.25) is 5.91 Å².